The molecule has 2 atom stereocenters. The van der Waals surface area contributed by atoms with E-state index in [0.717, 1.165) is 4.88 Å². The Morgan fingerprint density at radius 3 is 2.55 bits per heavy atom. The molecule has 6 heteroatoms. The molecule has 5 nitrogen and oxygen atoms in total. The number of thiophene rings is 1. The van der Waals surface area contributed by atoms with Crippen LogP contribution in [0.1, 0.15) is 28.4 Å². The highest BCUT2D eigenvalue weighted by Crippen LogP contribution is 2.14. The van der Waals surface area contributed by atoms with Crippen molar-refractivity contribution in [3.63, 3.8) is 0 Å². The highest BCUT2D eigenvalue weighted by Gasteiger charge is 2.25. The zero-order valence-electron chi connectivity index (χ0n) is 12.0. The SMILES string of the molecule is Cc1ccc(C(=O)NCC(=O)N2CC(C)OC(C)C2)s1. The van der Waals surface area contributed by atoms with Gasteiger partial charge in [0.05, 0.1) is 23.6 Å². The molecule has 1 fully saturated rings. The van der Waals surface area contributed by atoms with Gasteiger partial charge < -0.3 is 15.0 Å². The van der Waals surface area contributed by atoms with Crippen molar-refractivity contribution in [2.24, 2.45) is 0 Å². The van der Waals surface area contributed by atoms with E-state index in [1.165, 1.54) is 11.3 Å². The van der Waals surface area contributed by atoms with Gasteiger partial charge in [0.1, 0.15) is 0 Å². The fourth-order valence-electron chi connectivity index (χ4n) is 2.29. The Morgan fingerprint density at radius 2 is 2.00 bits per heavy atom. The molecule has 0 aliphatic carbocycles. The van der Waals surface area contributed by atoms with Crippen LogP contribution in [0.15, 0.2) is 12.1 Å². The molecule has 2 unspecified atom stereocenters. The van der Waals surface area contributed by atoms with E-state index in [0.29, 0.717) is 18.0 Å². The van der Waals surface area contributed by atoms with Gasteiger partial charge in [-0.1, -0.05) is 0 Å². The van der Waals surface area contributed by atoms with Crippen LogP contribution in [-0.2, 0) is 9.53 Å². The van der Waals surface area contributed by atoms with Gasteiger partial charge in [-0.15, -0.1) is 11.3 Å². The summed E-state index contributed by atoms with van der Waals surface area (Å²) >= 11 is 1.43. The zero-order chi connectivity index (χ0) is 14.7. The van der Waals surface area contributed by atoms with E-state index in [9.17, 15) is 9.59 Å². The third-order valence-electron chi connectivity index (χ3n) is 3.14. The molecule has 1 aromatic rings. The zero-order valence-corrected chi connectivity index (χ0v) is 12.8. The Labute approximate surface area is 122 Å². The molecule has 110 valence electrons. The molecule has 0 radical (unpaired) electrons. The van der Waals surface area contributed by atoms with Gasteiger partial charge in [-0.05, 0) is 32.9 Å². The first-order valence-corrected chi connectivity index (χ1v) is 7.55. The fourth-order valence-corrected chi connectivity index (χ4v) is 3.08. The molecule has 20 heavy (non-hydrogen) atoms. The van der Waals surface area contributed by atoms with E-state index < -0.39 is 0 Å². The molecule has 0 saturated carbocycles. The lowest BCUT2D eigenvalue weighted by Gasteiger charge is -2.35. The van der Waals surface area contributed by atoms with Crippen molar-refractivity contribution in [1.29, 1.82) is 0 Å². The monoisotopic (exact) mass is 296 g/mol. The van der Waals surface area contributed by atoms with Gasteiger partial charge >= 0.3 is 0 Å². The molecule has 1 aliphatic heterocycles. The van der Waals surface area contributed by atoms with Crippen LogP contribution >= 0.6 is 11.3 Å². The quantitative estimate of drug-likeness (QED) is 0.918. The van der Waals surface area contributed by atoms with Gasteiger partial charge in [0.15, 0.2) is 0 Å². The molecule has 0 aromatic carbocycles. The maximum absolute atomic E-state index is 12.1. The molecule has 0 spiro atoms. The molecule has 0 bridgehead atoms. The van der Waals surface area contributed by atoms with Crippen molar-refractivity contribution < 1.29 is 14.3 Å². The van der Waals surface area contributed by atoms with Gasteiger partial charge in [-0.2, -0.15) is 0 Å². The Bertz CT molecular complexity index is 490. The third-order valence-corrected chi connectivity index (χ3v) is 4.14. The number of nitrogens with zero attached hydrogens (tertiary/aromatic N) is 1. The molecular weight excluding hydrogens is 276 g/mol. The summed E-state index contributed by atoms with van der Waals surface area (Å²) in [5.41, 5.74) is 0. The van der Waals surface area contributed by atoms with Crippen LogP contribution in [0, 0.1) is 6.92 Å². The fraction of sp³-hybridized carbons (Fsp3) is 0.571. The summed E-state index contributed by atoms with van der Waals surface area (Å²) in [6, 6.07) is 3.67. The molecule has 1 aliphatic rings. The van der Waals surface area contributed by atoms with Crippen LogP contribution in [0.25, 0.3) is 0 Å². The van der Waals surface area contributed by atoms with Crippen molar-refractivity contribution >= 4 is 23.2 Å². The number of rotatable bonds is 3. The molecule has 1 saturated heterocycles. The van der Waals surface area contributed by atoms with Gasteiger partial charge in [0.2, 0.25) is 5.91 Å². The minimum atomic E-state index is -0.189. The average molecular weight is 296 g/mol. The standard InChI is InChI=1S/C14H20N2O3S/c1-9-7-16(8-10(2)19-9)13(17)6-15-14(18)12-5-4-11(3)20-12/h4-5,9-10H,6-8H2,1-3H3,(H,15,18). The maximum Gasteiger partial charge on any atom is 0.261 e. The lowest BCUT2D eigenvalue weighted by Crippen LogP contribution is -2.51. The second-order valence-electron chi connectivity index (χ2n) is 5.15. The van der Waals surface area contributed by atoms with Crippen LogP contribution in [0.2, 0.25) is 0 Å². The molecule has 2 heterocycles. The normalized spacial score (nSPS) is 22.6. The summed E-state index contributed by atoms with van der Waals surface area (Å²) in [5.74, 6) is -0.251. The van der Waals surface area contributed by atoms with Crippen molar-refractivity contribution in [2.75, 3.05) is 19.6 Å². The first kappa shape index (κ1) is 15.0. The number of hydrogen-bond donors (Lipinski definition) is 1. The van der Waals surface area contributed by atoms with Crippen molar-refractivity contribution in [2.45, 2.75) is 33.0 Å². The second kappa shape index (κ2) is 6.37. The van der Waals surface area contributed by atoms with E-state index >= 15 is 0 Å². The lowest BCUT2D eigenvalue weighted by atomic mass is 10.2. The van der Waals surface area contributed by atoms with Crippen LogP contribution < -0.4 is 5.32 Å². The van der Waals surface area contributed by atoms with Crippen LogP contribution in [-0.4, -0.2) is 48.6 Å². The minimum Gasteiger partial charge on any atom is -0.372 e. The summed E-state index contributed by atoms with van der Waals surface area (Å²) < 4.78 is 5.58. The number of carbonyl (C=O) groups is 2. The largest absolute Gasteiger partial charge is 0.372 e. The number of ether oxygens (including phenoxy) is 1. The van der Waals surface area contributed by atoms with Crippen molar-refractivity contribution in [1.82, 2.24) is 10.2 Å². The predicted molar refractivity (Wildman–Crippen MR) is 78.0 cm³/mol. The van der Waals surface area contributed by atoms with E-state index in [1.807, 2.05) is 26.8 Å². The molecule has 1 N–H and O–H groups in total. The lowest BCUT2D eigenvalue weighted by molar-refractivity contribution is -0.142. The number of amides is 2. The Hall–Kier alpha value is -1.40. The Morgan fingerprint density at radius 1 is 1.35 bits per heavy atom. The second-order valence-corrected chi connectivity index (χ2v) is 6.44. The van der Waals surface area contributed by atoms with Crippen LogP contribution in [0.5, 0.6) is 0 Å². The highest BCUT2D eigenvalue weighted by atomic mass is 32.1. The predicted octanol–water partition coefficient (Wildman–Crippen LogP) is 1.42. The molecule has 1 aromatic heterocycles. The number of carbonyl (C=O) groups excluding carboxylic acids is 2. The summed E-state index contributed by atoms with van der Waals surface area (Å²) in [6.07, 6.45) is 0.0803. The minimum absolute atomic E-state index is 0.0369. The van der Waals surface area contributed by atoms with E-state index in [2.05, 4.69) is 5.32 Å². The van der Waals surface area contributed by atoms with Crippen LogP contribution in [0.4, 0.5) is 0 Å². The van der Waals surface area contributed by atoms with Crippen molar-refractivity contribution in [3.8, 4) is 0 Å². The molecule has 2 amide bonds. The molecule has 2 rings (SSSR count). The van der Waals surface area contributed by atoms with Crippen LogP contribution in [0.3, 0.4) is 0 Å². The molecular formula is C14H20N2O3S. The smallest absolute Gasteiger partial charge is 0.261 e. The highest BCUT2D eigenvalue weighted by molar-refractivity contribution is 7.13. The van der Waals surface area contributed by atoms with Gasteiger partial charge in [0.25, 0.3) is 5.91 Å². The summed E-state index contributed by atoms with van der Waals surface area (Å²) in [5, 5.41) is 2.68. The Balaban J connectivity index is 1.84. The number of nitrogens with one attached hydrogen (secondary N) is 1. The first-order chi connectivity index (χ1) is 9.45. The van der Waals surface area contributed by atoms with Gasteiger partial charge in [-0.25, -0.2) is 0 Å². The van der Waals surface area contributed by atoms with Crippen molar-refractivity contribution in [3.05, 3.63) is 21.9 Å². The average Bonchev–Trinajstić information content (AvgIpc) is 2.81. The topological polar surface area (TPSA) is 58.6 Å². The Kier molecular flexibility index (Phi) is 4.77. The summed E-state index contributed by atoms with van der Waals surface area (Å²) in [7, 11) is 0. The first-order valence-electron chi connectivity index (χ1n) is 6.73. The van der Waals surface area contributed by atoms with E-state index in [1.54, 1.807) is 11.0 Å². The summed E-state index contributed by atoms with van der Waals surface area (Å²) in [4.78, 5) is 27.4. The number of hydrogen-bond acceptors (Lipinski definition) is 4. The third kappa shape index (κ3) is 3.80. The van der Waals surface area contributed by atoms with E-state index in [-0.39, 0.29) is 30.6 Å². The van der Waals surface area contributed by atoms with Gasteiger partial charge in [0, 0.05) is 18.0 Å². The summed E-state index contributed by atoms with van der Waals surface area (Å²) in [6.45, 7) is 7.04. The maximum atomic E-state index is 12.1. The number of aryl methyl sites for hydroxylation is 1. The van der Waals surface area contributed by atoms with E-state index in [4.69, 9.17) is 4.74 Å². The number of morpholine rings is 1. The van der Waals surface area contributed by atoms with Gasteiger partial charge in [-0.3, -0.25) is 9.59 Å².